The van der Waals surface area contributed by atoms with E-state index in [2.05, 4.69) is 4.98 Å². The summed E-state index contributed by atoms with van der Waals surface area (Å²) in [5.41, 5.74) is -2.13. The van der Waals surface area contributed by atoms with Crippen molar-refractivity contribution in [3.8, 4) is 0 Å². The van der Waals surface area contributed by atoms with Crippen LogP contribution in [0.3, 0.4) is 0 Å². The van der Waals surface area contributed by atoms with Crippen molar-refractivity contribution in [3.05, 3.63) is 87.2 Å². The van der Waals surface area contributed by atoms with E-state index in [1.54, 1.807) is 19.1 Å². The molecule has 2 aromatic heterocycles. The molecule has 4 amide bonds. The lowest BCUT2D eigenvalue weighted by atomic mass is 9.52. The number of anilines is 2. The van der Waals surface area contributed by atoms with Crippen LogP contribution in [0.4, 0.5) is 29.1 Å². The van der Waals surface area contributed by atoms with Crippen molar-refractivity contribution >= 4 is 58.3 Å². The minimum Gasteiger partial charge on any atom is -0.463 e. The van der Waals surface area contributed by atoms with Crippen LogP contribution in [0.1, 0.15) is 42.9 Å². The van der Waals surface area contributed by atoms with Gasteiger partial charge in [0.15, 0.2) is 5.82 Å². The van der Waals surface area contributed by atoms with Gasteiger partial charge < -0.3 is 9.52 Å². The zero-order valence-electron chi connectivity index (χ0n) is 25.7. The second-order valence-corrected chi connectivity index (χ2v) is 13.5. The van der Waals surface area contributed by atoms with Crippen molar-refractivity contribution in [2.24, 2.45) is 29.1 Å². The second kappa shape index (κ2) is 11.4. The molecule has 256 valence electrons. The van der Waals surface area contributed by atoms with E-state index in [0.717, 1.165) is 27.1 Å². The van der Waals surface area contributed by atoms with E-state index >= 15 is 0 Å². The number of aliphatic hydroxyl groups excluding tert-OH is 1. The van der Waals surface area contributed by atoms with Crippen LogP contribution >= 0.6 is 23.2 Å². The third-order valence-corrected chi connectivity index (χ3v) is 10.8. The summed E-state index contributed by atoms with van der Waals surface area (Å²) >= 11 is 12.2. The Morgan fingerprint density at radius 2 is 1.76 bits per heavy atom. The number of carbonyl (C=O) groups excluding carboxylic acids is 4. The Hall–Kier alpha value is -4.27. The lowest BCUT2D eigenvalue weighted by molar-refractivity contribution is -0.141. The summed E-state index contributed by atoms with van der Waals surface area (Å²) in [6.45, 7) is 1.16. The molecule has 0 radical (unpaired) electrons. The number of allylic oxidation sites excluding steroid dienone is 2. The van der Waals surface area contributed by atoms with Crippen LogP contribution in [0.2, 0.25) is 10.0 Å². The predicted octanol–water partition coefficient (Wildman–Crippen LogP) is 5.91. The van der Waals surface area contributed by atoms with E-state index in [1.165, 1.54) is 25.2 Å². The van der Waals surface area contributed by atoms with Gasteiger partial charge in [0.25, 0.3) is 11.8 Å². The predicted molar refractivity (Wildman–Crippen MR) is 165 cm³/mol. The van der Waals surface area contributed by atoms with E-state index in [0.29, 0.717) is 11.6 Å². The highest BCUT2D eigenvalue weighted by Crippen LogP contribution is 2.64. The molecule has 4 heterocycles. The summed E-state index contributed by atoms with van der Waals surface area (Å²) in [5.74, 6) is -8.19. The van der Waals surface area contributed by atoms with Gasteiger partial charge in [0.2, 0.25) is 11.8 Å². The molecule has 10 nitrogen and oxygen atoms in total. The van der Waals surface area contributed by atoms with E-state index in [-0.39, 0.29) is 40.1 Å². The highest BCUT2D eigenvalue weighted by molar-refractivity contribution is 6.33. The first-order chi connectivity index (χ1) is 23.1. The maximum absolute atomic E-state index is 14.4. The normalized spacial score (nSPS) is 28.1. The molecular weight excluding hydrogens is 695 g/mol. The molecule has 0 spiro atoms. The molecular formula is C33H26Cl2F4N4O6. The molecule has 16 heteroatoms. The summed E-state index contributed by atoms with van der Waals surface area (Å²) in [6.07, 6.45) is -3.07. The smallest absolute Gasteiger partial charge is 0.433 e. The number of halogens is 6. The van der Waals surface area contributed by atoms with Gasteiger partial charge in [0.05, 0.1) is 44.8 Å². The third kappa shape index (κ3) is 4.82. The summed E-state index contributed by atoms with van der Waals surface area (Å²) in [7, 11) is 1.21. The molecule has 0 bridgehead atoms. The number of aromatic nitrogens is 1. The number of hydrazine groups is 1. The SMILES string of the molecule is CN(c1nc(C(F)(F)F)ccc1Cl)N1C(=O)C2CC=C3C(CC4C(=O)N(c5ccc(F)c(Cl)c5)C(=O)C4(C)C3c3ccc(CO)o3)C2C1=O. The van der Waals surface area contributed by atoms with E-state index < -0.39 is 88.7 Å². The minimum absolute atomic E-state index is 0.0390. The number of aliphatic hydroxyl groups is 1. The lowest BCUT2D eigenvalue weighted by Crippen LogP contribution is -2.49. The molecule has 1 aromatic carbocycles. The Kier molecular flexibility index (Phi) is 7.73. The summed E-state index contributed by atoms with van der Waals surface area (Å²) in [4.78, 5) is 61.2. The quantitative estimate of drug-likeness (QED) is 0.196. The number of fused-ring (bicyclic) bond motifs is 4. The minimum atomic E-state index is -4.82. The number of amides is 4. The Labute approximate surface area is 285 Å². The van der Waals surface area contributed by atoms with Crippen LogP contribution in [0.5, 0.6) is 0 Å². The van der Waals surface area contributed by atoms with E-state index in [4.69, 9.17) is 27.6 Å². The molecule has 7 rings (SSSR count). The zero-order chi connectivity index (χ0) is 35.3. The topological polar surface area (TPSA) is 124 Å². The van der Waals surface area contributed by atoms with Gasteiger partial charge in [0.1, 0.15) is 29.6 Å². The standard InChI is InChI=1S/C33H26Cl2F4N4O6/c1-32-19(29(46)42(31(32)48)14-3-8-22(36)21(35)11-14)12-18-16(26(32)23-9-4-15(13-44)49-23)5-6-17-25(18)30(47)43(28(17)45)41(2)27-20(34)7-10-24(40-27)33(37,38)39/h3-5,7-11,17-19,25-26,44H,6,12-13H2,1-2H3. The van der Waals surface area contributed by atoms with Crippen LogP contribution in [0.25, 0.3) is 0 Å². The molecule has 1 saturated carbocycles. The van der Waals surface area contributed by atoms with Crippen LogP contribution in [-0.4, -0.2) is 45.8 Å². The lowest BCUT2D eigenvalue weighted by Gasteiger charge is -2.48. The van der Waals surface area contributed by atoms with Crippen LogP contribution in [0.15, 0.2) is 58.5 Å². The molecule has 2 saturated heterocycles. The first-order valence-electron chi connectivity index (χ1n) is 15.2. The van der Waals surface area contributed by atoms with Gasteiger partial charge in [0, 0.05) is 7.05 Å². The molecule has 3 fully saturated rings. The van der Waals surface area contributed by atoms with Crippen molar-refractivity contribution in [2.75, 3.05) is 17.0 Å². The summed E-state index contributed by atoms with van der Waals surface area (Å²) in [6, 6.07) is 8.21. The van der Waals surface area contributed by atoms with Crippen molar-refractivity contribution in [1.82, 2.24) is 9.99 Å². The highest BCUT2D eigenvalue weighted by atomic mass is 35.5. The maximum Gasteiger partial charge on any atom is 0.433 e. The van der Waals surface area contributed by atoms with Gasteiger partial charge in [-0.25, -0.2) is 14.3 Å². The van der Waals surface area contributed by atoms with Gasteiger partial charge in [-0.2, -0.15) is 18.2 Å². The number of hydrogen-bond donors (Lipinski definition) is 1. The Bertz CT molecular complexity index is 1980. The van der Waals surface area contributed by atoms with E-state index in [1.807, 2.05) is 0 Å². The molecule has 3 aromatic rings. The molecule has 49 heavy (non-hydrogen) atoms. The molecule has 2 aliphatic heterocycles. The molecule has 6 unspecified atom stereocenters. The molecule has 1 N–H and O–H groups in total. The van der Waals surface area contributed by atoms with Crippen molar-refractivity contribution in [1.29, 1.82) is 0 Å². The van der Waals surface area contributed by atoms with Gasteiger partial charge in [-0.05, 0) is 68.1 Å². The number of furan rings is 1. The number of imide groups is 2. The Balaban J connectivity index is 1.31. The third-order valence-electron chi connectivity index (χ3n) is 10.3. The molecule has 4 aliphatic rings. The second-order valence-electron chi connectivity index (χ2n) is 12.7. The Morgan fingerprint density at radius 1 is 1.02 bits per heavy atom. The number of carbonyl (C=O) groups is 4. The molecule has 6 atom stereocenters. The first kappa shape index (κ1) is 33.2. The van der Waals surface area contributed by atoms with Crippen LogP contribution in [0, 0.1) is 34.9 Å². The van der Waals surface area contributed by atoms with Gasteiger partial charge in [-0.3, -0.25) is 24.2 Å². The fourth-order valence-electron chi connectivity index (χ4n) is 8.01. The fraction of sp³-hybridized carbons (Fsp3) is 0.364. The monoisotopic (exact) mass is 720 g/mol. The average Bonchev–Trinajstić information content (AvgIpc) is 3.68. The van der Waals surface area contributed by atoms with Crippen molar-refractivity contribution < 1.29 is 46.3 Å². The van der Waals surface area contributed by atoms with Gasteiger partial charge in [-0.15, -0.1) is 0 Å². The van der Waals surface area contributed by atoms with Gasteiger partial charge >= 0.3 is 6.18 Å². The van der Waals surface area contributed by atoms with Crippen molar-refractivity contribution in [2.45, 2.75) is 38.5 Å². The number of alkyl halides is 3. The van der Waals surface area contributed by atoms with Gasteiger partial charge in [-0.1, -0.05) is 34.9 Å². The zero-order valence-corrected chi connectivity index (χ0v) is 27.2. The number of rotatable bonds is 5. The summed E-state index contributed by atoms with van der Waals surface area (Å²) < 4.78 is 60.6. The van der Waals surface area contributed by atoms with Crippen LogP contribution < -0.4 is 9.91 Å². The summed E-state index contributed by atoms with van der Waals surface area (Å²) in [5, 5.41) is 10.9. The fourth-order valence-corrected chi connectivity index (χ4v) is 8.41. The largest absolute Gasteiger partial charge is 0.463 e. The average molecular weight is 721 g/mol. The number of pyridine rings is 1. The highest BCUT2D eigenvalue weighted by Gasteiger charge is 2.68. The number of hydrogen-bond acceptors (Lipinski definition) is 8. The molecule has 2 aliphatic carbocycles. The first-order valence-corrected chi connectivity index (χ1v) is 15.9. The van der Waals surface area contributed by atoms with Crippen LogP contribution in [-0.2, 0) is 32.0 Å². The number of nitrogens with zero attached hydrogens (tertiary/aromatic N) is 4. The Morgan fingerprint density at radius 3 is 2.41 bits per heavy atom. The van der Waals surface area contributed by atoms with E-state index in [9.17, 15) is 41.8 Å². The van der Waals surface area contributed by atoms with Crippen molar-refractivity contribution in [3.63, 3.8) is 0 Å². The maximum atomic E-state index is 14.4. The number of benzene rings is 1.